The second-order valence-electron chi connectivity index (χ2n) is 8.71. The summed E-state index contributed by atoms with van der Waals surface area (Å²) in [7, 11) is 0. The predicted octanol–water partition coefficient (Wildman–Crippen LogP) is 3.89. The minimum atomic E-state index is -1.06. The molecule has 0 N–H and O–H groups in total. The third kappa shape index (κ3) is 3.77. The van der Waals surface area contributed by atoms with Crippen molar-refractivity contribution in [3.8, 4) is 0 Å². The fraction of sp³-hybridized carbons (Fsp3) is 0.375. The summed E-state index contributed by atoms with van der Waals surface area (Å²) in [5.41, 5.74) is 1.47. The van der Waals surface area contributed by atoms with Gasteiger partial charge in [0, 0.05) is 18.7 Å². The SMILES string of the molecule is CC(C)c1ccc(CN(C(=O)C(C)N2C(=O)c3cccc([N+](=O)[O-])c3C2=O)C2CC2)cc1. The highest BCUT2D eigenvalue weighted by molar-refractivity contribution is 6.24. The van der Waals surface area contributed by atoms with Crippen LogP contribution >= 0.6 is 0 Å². The van der Waals surface area contributed by atoms with Crippen LogP contribution in [0.25, 0.3) is 0 Å². The number of amides is 3. The molecule has 1 saturated carbocycles. The molecule has 0 aromatic heterocycles. The van der Waals surface area contributed by atoms with E-state index in [1.54, 1.807) is 4.90 Å². The summed E-state index contributed by atoms with van der Waals surface area (Å²) in [6.45, 7) is 6.12. The van der Waals surface area contributed by atoms with E-state index in [1.165, 1.54) is 30.7 Å². The van der Waals surface area contributed by atoms with Crippen molar-refractivity contribution < 1.29 is 19.3 Å². The first-order chi connectivity index (χ1) is 15.2. The first-order valence-electron chi connectivity index (χ1n) is 10.7. The molecule has 1 atom stereocenters. The first kappa shape index (κ1) is 21.7. The van der Waals surface area contributed by atoms with Crippen LogP contribution in [0, 0.1) is 10.1 Å². The van der Waals surface area contributed by atoms with Gasteiger partial charge in [0.15, 0.2) is 0 Å². The quantitative estimate of drug-likeness (QED) is 0.373. The molecule has 1 unspecified atom stereocenters. The molecule has 2 aromatic carbocycles. The van der Waals surface area contributed by atoms with E-state index in [-0.39, 0.29) is 23.1 Å². The Balaban J connectivity index is 1.57. The van der Waals surface area contributed by atoms with Crippen molar-refractivity contribution in [2.24, 2.45) is 0 Å². The van der Waals surface area contributed by atoms with Gasteiger partial charge in [-0.05, 0) is 42.9 Å². The molecule has 8 nitrogen and oxygen atoms in total. The summed E-state index contributed by atoms with van der Waals surface area (Å²) < 4.78 is 0. The summed E-state index contributed by atoms with van der Waals surface area (Å²) in [4.78, 5) is 52.5. The third-order valence-corrected chi connectivity index (χ3v) is 6.14. The highest BCUT2D eigenvalue weighted by atomic mass is 16.6. The molecule has 0 bridgehead atoms. The maximum Gasteiger partial charge on any atom is 0.282 e. The van der Waals surface area contributed by atoms with Gasteiger partial charge in [-0.2, -0.15) is 0 Å². The van der Waals surface area contributed by atoms with Gasteiger partial charge in [0.1, 0.15) is 11.6 Å². The zero-order valence-electron chi connectivity index (χ0n) is 18.3. The number of fused-ring (bicyclic) bond motifs is 1. The summed E-state index contributed by atoms with van der Waals surface area (Å²) in [5.74, 6) is -1.40. The van der Waals surface area contributed by atoms with Crippen LogP contribution < -0.4 is 0 Å². The van der Waals surface area contributed by atoms with Gasteiger partial charge in [-0.15, -0.1) is 0 Å². The second-order valence-corrected chi connectivity index (χ2v) is 8.71. The number of rotatable bonds is 7. The Bertz CT molecular complexity index is 1110. The molecule has 166 valence electrons. The van der Waals surface area contributed by atoms with E-state index in [0.717, 1.165) is 23.3 Å². The molecule has 0 saturated heterocycles. The Morgan fingerprint density at radius 1 is 1.09 bits per heavy atom. The van der Waals surface area contributed by atoms with Crippen molar-refractivity contribution in [2.75, 3.05) is 0 Å². The Hall–Kier alpha value is -3.55. The molecule has 2 aliphatic rings. The molecule has 0 radical (unpaired) electrons. The Kier molecular flexibility index (Phi) is 5.54. The van der Waals surface area contributed by atoms with Crippen LogP contribution in [0.5, 0.6) is 0 Å². The van der Waals surface area contributed by atoms with Crippen LogP contribution in [0.15, 0.2) is 42.5 Å². The van der Waals surface area contributed by atoms with Gasteiger partial charge >= 0.3 is 0 Å². The molecule has 1 aliphatic carbocycles. The molecule has 2 aromatic rings. The van der Waals surface area contributed by atoms with Crippen molar-refractivity contribution in [1.82, 2.24) is 9.80 Å². The zero-order chi connectivity index (χ0) is 23.2. The molecule has 1 heterocycles. The normalized spacial score (nSPS) is 16.3. The largest absolute Gasteiger partial charge is 0.334 e. The van der Waals surface area contributed by atoms with Gasteiger partial charge < -0.3 is 4.90 Å². The maximum absolute atomic E-state index is 13.4. The smallest absolute Gasteiger partial charge is 0.282 e. The van der Waals surface area contributed by atoms with Gasteiger partial charge in [-0.3, -0.25) is 29.4 Å². The number of hydrogen-bond donors (Lipinski definition) is 0. The minimum absolute atomic E-state index is 0.0360. The molecular weight excluding hydrogens is 410 g/mol. The maximum atomic E-state index is 13.4. The summed E-state index contributed by atoms with van der Waals surface area (Å²) in [6.07, 6.45) is 1.74. The van der Waals surface area contributed by atoms with Gasteiger partial charge in [0.2, 0.25) is 5.91 Å². The summed E-state index contributed by atoms with van der Waals surface area (Å²) in [5, 5.41) is 11.3. The Labute approximate surface area is 186 Å². The highest BCUT2D eigenvalue weighted by Crippen LogP contribution is 2.34. The molecule has 8 heteroatoms. The lowest BCUT2D eigenvalue weighted by molar-refractivity contribution is -0.385. The predicted molar refractivity (Wildman–Crippen MR) is 117 cm³/mol. The molecule has 32 heavy (non-hydrogen) atoms. The van der Waals surface area contributed by atoms with Gasteiger partial charge in [-0.1, -0.05) is 44.2 Å². The Morgan fingerprint density at radius 2 is 1.75 bits per heavy atom. The van der Waals surface area contributed by atoms with E-state index < -0.39 is 28.5 Å². The topological polar surface area (TPSA) is 101 Å². The van der Waals surface area contributed by atoms with E-state index in [2.05, 4.69) is 13.8 Å². The molecule has 4 rings (SSSR count). The molecule has 3 amide bonds. The average Bonchev–Trinajstić information content (AvgIpc) is 3.58. The van der Waals surface area contributed by atoms with E-state index in [1.807, 2.05) is 24.3 Å². The van der Waals surface area contributed by atoms with E-state index in [4.69, 9.17) is 0 Å². The van der Waals surface area contributed by atoms with Gasteiger partial charge in [0.25, 0.3) is 17.5 Å². The number of benzene rings is 2. The average molecular weight is 435 g/mol. The number of nitro groups is 1. The lowest BCUT2D eigenvalue weighted by atomic mass is 10.0. The van der Waals surface area contributed by atoms with Crippen molar-refractivity contribution in [2.45, 2.75) is 58.2 Å². The highest BCUT2D eigenvalue weighted by Gasteiger charge is 2.46. The van der Waals surface area contributed by atoms with E-state index >= 15 is 0 Å². The molecule has 0 spiro atoms. The number of nitro benzene ring substituents is 1. The van der Waals surface area contributed by atoms with Crippen LogP contribution in [-0.4, -0.2) is 44.5 Å². The van der Waals surface area contributed by atoms with Crippen molar-refractivity contribution in [1.29, 1.82) is 0 Å². The fourth-order valence-electron chi connectivity index (χ4n) is 4.12. The number of imide groups is 1. The summed E-state index contributed by atoms with van der Waals surface area (Å²) >= 11 is 0. The van der Waals surface area contributed by atoms with Crippen LogP contribution in [0.1, 0.15) is 71.4 Å². The van der Waals surface area contributed by atoms with E-state index in [9.17, 15) is 24.5 Å². The van der Waals surface area contributed by atoms with Crippen molar-refractivity contribution >= 4 is 23.4 Å². The number of carbonyl (C=O) groups is 3. The van der Waals surface area contributed by atoms with Crippen LogP contribution in [0.4, 0.5) is 5.69 Å². The van der Waals surface area contributed by atoms with E-state index in [0.29, 0.717) is 12.5 Å². The van der Waals surface area contributed by atoms with Crippen LogP contribution in [0.2, 0.25) is 0 Å². The Morgan fingerprint density at radius 3 is 2.31 bits per heavy atom. The second kappa shape index (κ2) is 8.18. The van der Waals surface area contributed by atoms with Crippen molar-refractivity contribution in [3.63, 3.8) is 0 Å². The standard InChI is InChI=1S/C24H25N3O5/c1-14(2)17-9-7-16(8-10-17)13-25(18-11-12-18)22(28)15(3)26-23(29)19-5-4-6-20(27(31)32)21(19)24(26)30/h4-10,14-15,18H,11-13H2,1-3H3. The lowest BCUT2D eigenvalue weighted by Crippen LogP contribution is -2.49. The number of carbonyl (C=O) groups excluding carboxylic acids is 3. The monoisotopic (exact) mass is 435 g/mol. The van der Waals surface area contributed by atoms with Crippen LogP contribution in [0.3, 0.4) is 0 Å². The van der Waals surface area contributed by atoms with Crippen molar-refractivity contribution in [3.05, 3.63) is 74.8 Å². The minimum Gasteiger partial charge on any atom is -0.334 e. The van der Waals surface area contributed by atoms with Gasteiger partial charge in [-0.25, -0.2) is 0 Å². The number of nitrogens with zero attached hydrogens (tertiary/aromatic N) is 3. The third-order valence-electron chi connectivity index (χ3n) is 6.14. The summed E-state index contributed by atoms with van der Waals surface area (Å²) in [6, 6.07) is 11.0. The molecule has 1 fully saturated rings. The zero-order valence-corrected chi connectivity index (χ0v) is 18.3. The fourth-order valence-corrected chi connectivity index (χ4v) is 4.12. The molecule has 1 aliphatic heterocycles. The lowest BCUT2D eigenvalue weighted by Gasteiger charge is -2.29. The first-order valence-corrected chi connectivity index (χ1v) is 10.7. The van der Waals surface area contributed by atoms with Crippen LogP contribution in [-0.2, 0) is 11.3 Å². The van der Waals surface area contributed by atoms with Gasteiger partial charge in [0.05, 0.1) is 10.5 Å². The molecular formula is C24H25N3O5. The number of hydrogen-bond acceptors (Lipinski definition) is 5.